The molecule has 0 aliphatic rings. The molecule has 1 rings (SSSR count). The molecule has 0 heterocycles. The molecule has 1 aromatic carbocycles. The van der Waals surface area contributed by atoms with E-state index in [4.69, 9.17) is 28.7 Å². The van der Waals surface area contributed by atoms with Gasteiger partial charge in [-0.15, -0.1) is 0 Å². The fourth-order valence-electron chi connectivity index (χ4n) is 4.95. The van der Waals surface area contributed by atoms with Crippen LogP contribution < -0.4 is 60.6 Å². The molecule has 6 amide bonds. The molecular formula is C34H57N13O7S. The van der Waals surface area contributed by atoms with E-state index in [1.165, 1.54) is 0 Å². The first kappa shape index (κ1) is 47.6. The largest absolute Gasteiger partial charge is 0.370 e. The Morgan fingerprint density at radius 2 is 1.24 bits per heavy atom. The Bertz CT molecular complexity index is 1470. The molecular weight excluding hydrogens is 735 g/mol. The molecule has 0 aliphatic carbocycles. The predicted octanol–water partition coefficient (Wildman–Crippen LogP) is -3.99. The van der Waals surface area contributed by atoms with Crippen LogP contribution in [0.4, 0.5) is 0 Å². The average molecular weight is 792 g/mol. The summed E-state index contributed by atoms with van der Waals surface area (Å²) in [6.07, 6.45) is 1.77. The quantitative estimate of drug-likeness (QED) is 0.0141. The number of rotatable bonds is 26. The molecule has 1 aromatic rings. The molecule has 0 radical (unpaired) electrons. The molecule has 0 unspecified atom stereocenters. The SMILES string of the molecule is CC(C)C[C@@H](C=O)NC(=O)[C@H](CCCN=C(N)N)NC(=O)[C@H](CCCN=C(N)N)NC(=O)CNC(=O)CNC(=O)[C@H](Cc1ccccc1)NC(=O)[C@@H](N)CS. The minimum absolute atomic E-state index is 0.0381. The van der Waals surface area contributed by atoms with Gasteiger partial charge < -0.3 is 65.4 Å². The highest BCUT2D eigenvalue weighted by Crippen LogP contribution is 2.07. The summed E-state index contributed by atoms with van der Waals surface area (Å²) in [5, 5.41) is 15.2. The number of thiol groups is 1. The van der Waals surface area contributed by atoms with Gasteiger partial charge in [-0.2, -0.15) is 12.6 Å². The number of benzene rings is 1. The van der Waals surface area contributed by atoms with Crippen molar-refractivity contribution in [3.63, 3.8) is 0 Å². The maximum atomic E-state index is 13.5. The van der Waals surface area contributed by atoms with Gasteiger partial charge in [-0.05, 0) is 43.6 Å². The number of amides is 6. The first-order valence-corrected chi connectivity index (χ1v) is 18.4. The molecule has 0 bridgehead atoms. The van der Waals surface area contributed by atoms with E-state index < -0.39 is 78.7 Å². The molecule has 0 saturated heterocycles. The molecule has 20 nitrogen and oxygen atoms in total. The van der Waals surface area contributed by atoms with Crippen LogP contribution in [0.1, 0.15) is 51.5 Å². The van der Waals surface area contributed by atoms with Gasteiger partial charge in [0.1, 0.15) is 24.4 Å². The van der Waals surface area contributed by atoms with Crippen LogP contribution in [0.5, 0.6) is 0 Å². The lowest BCUT2D eigenvalue weighted by molar-refractivity contribution is -0.133. The van der Waals surface area contributed by atoms with Crippen LogP contribution in [0.2, 0.25) is 0 Å². The van der Waals surface area contributed by atoms with Crippen LogP contribution in [-0.4, -0.2) is 116 Å². The van der Waals surface area contributed by atoms with Gasteiger partial charge in [0.05, 0.1) is 25.2 Å². The fraction of sp³-hybridized carbons (Fsp3) is 0.559. The summed E-state index contributed by atoms with van der Waals surface area (Å²) in [6.45, 7) is 2.95. The van der Waals surface area contributed by atoms with E-state index in [1.807, 2.05) is 13.8 Å². The van der Waals surface area contributed by atoms with E-state index >= 15 is 0 Å². The molecule has 0 spiro atoms. The highest BCUT2D eigenvalue weighted by atomic mass is 32.1. The highest BCUT2D eigenvalue weighted by Gasteiger charge is 2.28. The Kier molecular flexibility index (Phi) is 22.8. The number of hydrogen-bond acceptors (Lipinski definition) is 11. The number of nitrogens with one attached hydrogen (secondary N) is 6. The predicted molar refractivity (Wildman–Crippen MR) is 211 cm³/mol. The zero-order valence-corrected chi connectivity index (χ0v) is 32.2. The van der Waals surface area contributed by atoms with Crippen molar-refractivity contribution in [2.75, 3.05) is 31.9 Å². The summed E-state index contributed by atoms with van der Waals surface area (Å²) in [5.74, 6) is -4.28. The number of aliphatic imine (C=N–C) groups is 2. The Balaban J connectivity index is 2.98. The number of guanidine groups is 2. The van der Waals surface area contributed by atoms with Gasteiger partial charge in [0, 0.05) is 25.3 Å². The van der Waals surface area contributed by atoms with Crippen molar-refractivity contribution in [1.82, 2.24) is 31.9 Å². The summed E-state index contributed by atoms with van der Waals surface area (Å²) < 4.78 is 0. The van der Waals surface area contributed by atoms with Gasteiger partial charge in [0.2, 0.25) is 35.4 Å². The van der Waals surface area contributed by atoms with E-state index in [-0.39, 0.29) is 62.4 Å². The minimum Gasteiger partial charge on any atom is -0.370 e. The molecule has 0 fully saturated rings. The van der Waals surface area contributed by atoms with E-state index in [2.05, 4.69) is 54.5 Å². The third-order valence-corrected chi connectivity index (χ3v) is 8.10. The third-order valence-electron chi connectivity index (χ3n) is 7.71. The van der Waals surface area contributed by atoms with E-state index in [1.54, 1.807) is 30.3 Å². The van der Waals surface area contributed by atoms with Crippen LogP contribution in [0.25, 0.3) is 0 Å². The number of hydrogen-bond donors (Lipinski definition) is 12. The van der Waals surface area contributed by atoms with Gasteiger partial charge >= 0.3 is 0 Å². The third kappa shape index (κ3) is 21.1. The zero-order valence-electron chi connectivity index (χ0n) is 31.3. The van der Waals surface area contributed by atoms with Crippen LogP contribution in [0, 0.1) is 5.92 Å². The molecule has 0 aromatic heterocycles. The molecule has 16 N–H and O–H groups in total. The summed E-state index contributed by atoms with van der Waals surface area (Å²) in [4.78, 5) is 97.2. The first-order chi connectivity index (χ1) is 26.1. The Morgan fingerprint density at radius 3 is 1.76 bits per heavy atom. The van der Waals surface area contributed by atoms with Crippen molar-refractivity contribution in [3.05, 3.63) is 35.9 Å². The lowest BCUT2D eigenvalue weighted by Gasteiger charge is -2.24. The van der Waals surface area contributed by atoms with Crippen LogP contribution in [0.3, 0.4) is 0 Å². The summed E-state index contributed by atoms with van der Waals surface area (Å²) >= 11 is 4.02. The number of carbonyl (C=O) groups excluding carboxylic acids is 7. The highest BCUT2D eigenvalue weighted by molar-refractivity contribution is 7.80. The normalized spacial score (nSPS) is 13.4. The summed E-state index contributed by atoms with van der Waals surface area (Å²) in [6, 6.07) is 3.74. The maximum absolute atomic E-state index is 13.5. The smallest absolute Gasteiger partial charge is 0.243 e. The topological polar surface area (TPSA) is 346 Å². The fourth-order valence-corrected chi connectivity index (χ4v) is 5.12. The van der Waals surface area contributed by atoms with Crippen molar-refractivity contribution in [2.45, 2.75) is 82.6 Å². The van der Waals surface area contributed by atoms with Gasteiger partial charge in [-0.25, -0.2) is 0 Å². The number of nitrogens with zero attached hydrogens (tertiary/aromatic N) is 2. The number of nitrogens with two attached hydrogens (primary N) is 5. The summed E-state index contributed by atoms with van der Waals surface area (Å²) in [5.41, 5.74) is 28.1. The van der Waals surface area contributed by atoms with Crippen molar-refractivity contribution >= 4 is 66.3 Å². The van der Waals surface area contributed by atoms with Crippen LogP contribution in [0.15, 0.2) is 40.3 Å². The molecule has 21 heteroatoms. The zero-order chi connectivity index (χ0) is 41.3. The Labute approximate surface area is 326 Å². The second-order valence-electron chi connectivity index (χ2n) is 13.0. The molecule has 306 valence electrons. The van der Waals surface area contributed by atoms with Crippen molar-refractivity contribution in [2.24, 2.45) is 44.6 Å². The Morgan fingerprint density at radius 1 is 0.709 bits per heavy atom. The van der Waals surface area contributed by atoms with Crippen LogP contribution >= 0.6 is 12.6 Å². The minimum atomic E-state index is -1.20. The maximum Gasteiger partial charge on any atom is 0.243 e. The van der Waals surface area contributed by atoms with Gasteiger partial charge in [-0.3, -0.25) is 38.8 Å². The molecule has 0 saturated carbocycles. The van der Waals surface area contributed by atoms with Crippen molar-refractivity contribution < 1.29 is 33.6 Å². The van der Waals surface area contributed by atoms with E-state index in [0.29, 0.717) is 19.1 Å². The van der Waals surface area contributed by atoms with Gasteiger partial charge in [0.25, 0.3) is 0 Å². The average Bonchev–Trinajstić information content (AvgIpc) is 3.14. The van der Waals surface area contributed by atoms with Gasteiger partial charge in [-0.1, -0.05) is 44.2 Å². The van der Waals surface area contributed by atoms with Crippen LogP contribution in [-0.2, 0) is 40.0 Å². The second-order valence-corrected chi connectivity index (χ2v) is 13.4. The van der Waals surface area contributed by atoms with Gasteiger partial charge in [0.15, 0.2) is 11.9 Å². The standard InChI is InChI=1S/C34H57N13O7S/c1-20(2)14-22(18-48)44-31(53)25(11-7-13-41-34(38)39)46-32(54)24(10-6-12-40-33(36)37)45-28(50)17-42-27(49)16-43-30(52)26(47-29(51)23(35)19-55)15-21-8-4-3-5-9-21/h3-5,8-9,18,20,22-26,55H,6-7,10-17,19,35H2,1-2H3,(H,42,49)(H,43,52)(H,44,53)(H,45,50)(H,46,54)(H,47,51)(H4,36,37,40)(H4,38,39,41)/t22-,23-,24-,25-,26-/m0/s1. The Hall–Kier alpha value is -5.44. The monoisotopic (exact) mass is 791 g/mol. The first-order valence-electron chi connectivity index (χ1n) is 17.8. The lowest BCUT2D eigenvalue weighted by atomic mass is 10.0. The molecule has 5 atom stereocenters. The number of carbonyl (C=O) groups is 7. The van der Waals surface area contributed by atoms with Crippen molar-refractivity contribution in [1.29, 1.82) is 0 Å². The molecule has 55 heavy (non-hydrogen) atoms. The van der Waals surface area contributed by atoms with E-state index in [0.717, 1.165) is 5.56 Å². The second kappa shape index (κ2) is 26.4. The van der Waals surface area contributed by atoms with Crippen molar-refractivity contribution in [3.8, 4) is 0 Å². The summed E-state index contributed by atoms with van der Waals surface area (Å²) in [7, 11) is 0. The number of aldehydes is 1. The lowest BCUT2D eigenvalue weighted by Crippen LogP contribution is -2.56. The molecule has 0 aliphatic heterocycles. The van der Waals surface area contributed by atoms with E-state index in [9.17, 15) is 33.6 Å².